The molecule has 0 aliphatic heterocycles. The van der Waals surface area contributed by atoms with Gasteiger partial charge < -0.3 is 15.2 Å². The zero-order valence-corrected chi connectivity index (χ0v) is 11.3. The Labute approximate surface area is 114 Å². The highest BCUT2D eigenvalue weighted by molar-refractivity contribution is 5.80. The standard InChI is InChI=1S/C14H23NO4/c1-2-3-8-19-9-7-15-13(16)11-5-4-6-12(10-11)14(17)18/h2,11-12H,1,3-10H2,(H,15,16)(H,17,18). The zero-order chi connectivity index (χ0) is 14.1. The third-order valence-electron chi connectivity index (χ3n) is 3.41. The second kappa shape index (κ2) is 8.69. The topological polar surface area (TPSA) is 75.6 Å². The minimum Gasteiger partial charge on any atom is -0.481 e. The second-order valence-electron chi connectivity index (χ2n) is 4.88. The van der Waals surface area contributed by atoms with Gasteiger partial charge in [-0.2, -0.15) is 0 Å². The van der Waals surface area contributed by atoms with Crippen LogP contribution in [-0.2, 0) is 14.3 Å². The molecule has 5 nitrogen and oxygen atoms in total. The van der Waals surface area contributed by atoms with Crippen molar-refractivity contribution in [3.8, 4) is 0 Å². The number of carboxylic acids is 1. The third-order valence-corrected chi connectivity index (χ3v) is 3.41. The van der Waals surface area contributed by atoms with Crippen LogP contribution in [0, 0.1) is 11.8 Å². The highest BCUT2D eigenvalue weighted by atomic mass is 16.5. The van der Waals surface area contributed by atoms with Crippen LogP contribution in [0.15, 0.2) is 12.7 Å². The summed E-state index contributed by atoms with van der Waals surface area (Å²) in [6.07, 6.45) is 5.32. The Balaban J connectivity index is 2.18. The molecule has 2 unspecified atom stereocenters. The Morgan fingerprint density at radius 3 is 2.74 bits per heavy atom. The predicted molar refractivity (Wildman–Crippen MR) is 71.7 cm³/mol. The van der Waals surface area contributed by atoms with E-state index in [4.69, 9.17) is 9.84 Å². The number of amides is 1. The highest BCUT2D eigenvalue weighted by Crippen LogP contribution is 2.29. The molecule has 1 aliphatic carbocycles. The van der Waals surface area contributed by atoms with Crippen LogP contribution in [0.4, 0.5) is 0 Å². The third kappa shape index (κ3) is 5.87. The second-order valence-corrected chi connectivity index (χ2v) is 4.88. The van der Waals surface area contributed by atoms with E-state index in [1.165, 1.54) is 0 Å². The monoisotopic (exact) mass is 269 g/mol. The van der Waals surface area contributed by atoms with Gasteiger partial charge in [0.05, 0.1) is 19.1 Å². The van der Waals surface area contributed by atoms with Crippen LogP contribution < -0.4 is 5.32 Å². The number of nitrogens with one attached hydrogen (secondary N) is 1. The van der Waals surface area contributed by atoms with E-state index in [1.807, 2.05) is 0 Å². The minimum absolute atomic E-state index is 0.0433. The van der Waals surface area contributed by atoms with Gasteiger partial charge in [0.1, 0.15) is 0 Å². The van der Waals surface area contributed by atoms with Crippen molar-refractivity contribution < 1.29 is 19.4 Å². The Morgan fingerprint density at radius 1 is 1.32 bits per heavy atom. The molecule has 0 bridgehead atoms. The lowest BCUT2D eigenvalue weighted by Crippen LogP contribution is -2.37. The van der Waals surface area contributed by atoms with Crippen molar-refractivity contribution >= 4 is 11.9 Å². The Bertz CT molecular complexity index is 317. The fourth-order valence-corrected chi connectivity index (χ4v) is 2.31. The van der Waals surface area contributed by atoms with Crippen molar-refractivity contribution in [1.29, 1.82) is 0 Å². The van der Waals surface area contributed by atoms with E-state index in [9.17, 15) is 9.59 Å². The fourth-order valence-electron chi connectivity index (χ4n) is 2.31. The lowest BCUT2D eigenvalue weighted by molar-refractivity contribution is -0.144. The van der Waals surface area contributed by atoms with Crippen LogP contribution >= 0.6 is 0 Å². The maximum Gasteiger partial charge on any atom is 0.306 e. The van der Waals surface area contributed by atoms with E-state index in [1.54, 1.807) is 6.08 Å². The summed E-state index contributed by atoms with van der Waals surface area (Å²) < 4.78 is 5.29. The van der Waals surface area contributed by atoms with Crippen LogP contribution in [0.25, 0.3) is 0 Å². The summed E-state index contributed by atoms with van der Waals surface area (Å²) in [7, 11) is 0. The molecule has 1 rings (SSSR count). The van der Waals surface area contributed by atoms with Crippen LogP contribution in [-0.4, -0.2) is 36.7 Å². The molecule has 0 aromatic carbocycles. The molecule has 0 saturated heterocycles. The van der Waals surface area contributed by atoms with Gasteiger partial charge in [0, 0.05) is 12.5 Å². The van der Waals surface area contributed by atoms with Crippen molar-refractivity contribution in [2.24, 2.45) is 11.8 Å². The first-order chi connectivity index (χ1) is 9.15. The SMILES string of the molecule is C=CCCOCCNC(=O)C1CCCC(C(=O)O)C1. The Kier molecular flexibility index (Phi) is 7.18. The largest absolute Gasteiger partial charge is 0.481 e. The van der Waals surface area contributed by atoms with Crippen LogP contribution in [0.5, 0.6) is 0 Å². The van der Waals surface area contributed by atoms with Crippen molar-refractivity contribution in [2.45, 2.75) is 32.1 Å². The smallest absolute Gasteiger partial charge is 0.306 e. The van der Waals surface area contributed by atoms with E-state index in [0.29, 0.717) is 32.6 Å². The number of aliphatic carboxylic acids is 1. The first-order valence-corrected chi connectivity index (χ1v) is 6.84. The molecule has 2 N–H and O–H groups in total. The molecule has 1 saturated carbocycles. The van der Waals surface area contributed by atoms with Crippen LogP contribution in [0.3, 0.4) is 0 Å². The predicted octanol–water partition coefficient (Wildman–Crippen LogP) is 1.59. The minimum atomic E-state index is -0.787. The first-order valence-electron chi connectivity index (χ1n) is 6.84. The summed E-state index contributed by atoms with van der Waals surface area (Å²) in [5.41, 5.74) is 0. The van der Waals surface area contributed by atoms with Gasteiger partial charge in [0.25, 0.3) is 0 Å². The summed E-state index contributed by atoms with van der Waals surface area (Å²) in [5.74, 6) is -1.36. The van der Waals surface area contributed by atoms with E-state index in [0.717, 1.165) is 19.3 Å². The molecule has 2 atom stereocenters. The molecular weight excluding hydrogens is 246 g/mol. The van der Waals surface area contributed by atoms with E-state index in [-0.39, 0.29) is 17.7 Å². The Hall–Kier alpha value is -1.36. The van der Waals surface area contributed by atoms with Gasteiger partial charge in [0.15, 0.2) is 0 Å². The number of hydrogen-bond acceptors (Lipinski definition) is 3. The van der Waals surface area contributed by atoms with Crippen molar-refractivity contribution in [3.05, 3.63) is 12.7 Å². The molecule has 1 aliphatic rings. The Morgan fingerprint density at radius 2 is 2.05 bits per heavy atom. The van der Waals surface area contributed by atoms with E-state index in [2.05, 4.69) is 11.9 Å². The van der Waals surface area contributed by atoms with Crippen molar-refractivity contribution in [2.75, 3.05) is 19.8 Å². The molecule has 0 radical (unpaired) electrons. The molecule has 0 heterocycles. The van der Waals surface area contributed by atoms with Crippen molar-refractivity contribution in [3.63, 3.8) is 0 Å². The van der Waals surface area contributed by atoms with Gasteiger partial charge in [-0.1, -0.05) is 12.5 Å². The summed E-state index contributed by atoms with van der Waals surface area (Å²) in [6.45, 7) is 5.16. The molecule has 0 aromatic rings. The maximum absolute atomic E-state index is 11.9. The highest BCUT2D eigenvalue weighted by Gasteiger charge is 2.30. The molecule has 5 heteroatoms. The average Bonchev–Trinajstić information content (AvgIpc) is 2.42. The molecule has 1 amide bonds. The number of carbonyl (C=O) groups excluding carboxylic acids is 1. The van der Waals surface area contributed by atoms with Gasteiger partial charge in [-0.05, 0) is 25.7 Å². The molecule has 108 valence electrons. The van der Waals surface area contributed by atoms with Crippen molar-refractivity contribution in [1.82, 2.24) is 5.32 Å². The summed E-state index contributed by atoms with van der Waals surface area (Å²) in [5, 5.41) is 11.8. The van der Waals surface area contributed by atoms with Gasteiger partial charge in [-0.15, -0.1) is 6.58 Å². The zero-order valence-electron chi connectivity index (χ0n) is 11.3. The lowest BCUT2D eigenvalue weighted by atomic mass is 9.81. The molecular formula is C14H23NO4. The lowest BCUT2D eigenvalue weighted by Gasteiger charge is -2.25. The maximum atomic E-state index is 11.9. The number of hydrogen-bond donors (Lipinski definition) is 2. The summed E-state index contributed by atoms with van der Waals surface area (Å²) >= 11 is 0. The number of carboxylic acid groups (broad SMARTS) is 1. The molecule has 0 spiro atoms. The normalized spacial score (nSPS) is 22.7. The summed E-state index contributed by atoms with van der Waals surface area (Å²) in [4.78, 5) is 22.8. The summed E-state index contributed by atoms with van der Waals surface area (Å²) in [6, 6.07) is 0. The van der Waals surface area contributed by atoms with Gasteiger partial charge >= 0.3 is 5.97 Å². The van der Waals surface area contributed by atoms with E-state index >= 15 is 0 Å². The fraction of sp³-hybridized carbons (Fsp3) is 0.714. The van der Waals surface area contributed by atoms with E-state index < -0.39 is 5.97 Å². The number of ether oxygens (including phenoxy) is 1. The number of carbonyl (C=O) groups is 2. The molecule has 1 fully saturated rings. The number of rotatable bonds is 8. The first kappa shape index (κ1) is 15.7. The van der Waals surface area contributed by atoms with Crippen LogP contribution in [0.2, 0.25) is 0 Å². The quantitative estimate of drug-likeness (QED) is 0.518. The van der Waals surface area contributed by atoms with Crippen LogP contribution in [0.1, 0.15) is 32.1 Å². The molecule has 0 aromatic heterocycles. The van der Waals surface area contributed by atoms with Gasteiger partial charge in [-0.25, -0.2) is 0 Å². The average molecular weight is 269 g/mol. The molecule has 19 heavy (non-hydrogen) atoms. The van der Waals surface area contributed by atoms with Gasteiger partial charge in [0.2, 0.25) is 5.91 Å². The van der Waals surface area contributed by atoms with Gasteiger partial charge in [-0.3, -0.25) is 9.59 Å².